The Morgan fingerprint density at radius 3 is 2.47 bits per heavy atom. The Kier molecular flexibility index (Phi) is 7.03. The Morgan fingerprint density at radius 1 is 1.09 bits per heavy atom. The van der Waals surface area contributed by atoms with E-state index in [9.17, 15) is 22.0 Å². The van der Waals surface area contributed by atoms with Gasteiger partial charge in [0.05, 0.1) is 12.4 Å². The van der Waals surface area contributed by atoms with Crippen molar-refractivity contribution in [2.75, 3.05) is 23.8 Å². The Morgan fingerprint density at radius 2 is 1.82 bits per heavy atom. The SMILES string of the molecule is O=C1C(Oc2ccc(C3CC3)cc2)=CCN1c1ccc(OCCCS(=O)(=O)O)c(OC(F)F)c1. The third-order valence-corrected chi connectivity index (χ3v) is 6.14. The maximum Gasteiger partial charge on any atom is 0.387 e. The maximum absolute atomic E-state index is 12.9. The van der Waals surface area contributed by atoms with Crippen LogP contribution in [-0.4, -0.2) is 44.4 Å². The number of amides is 1. The van der Waals surface area contributed by atoms with Gasteiger partial charge >= 0.3 is 6.61 Å². The summed E-state index contributed by atoms with van der Waals surface area (Å²) < 4.78 is 71.8. The second kappa shape index (κ2) is 9.98. The fourth-order valence-corrected chi connectivity index (χ4v) is 4.02. The first-order valence-corrected chi connectivity index (χ1v) is 12.3. The first-order chi connectivity index (χ1) is 16.2. The first-order valence-electron chi connectivity index (χ1n) is 10.7. The number of alkyl halides is 2. The van der Waals surface area contributed by atoms with Gasteiger partial charge in [-0.2, -0.15) is 17.2 Å². The number of carbonyl (C=O) groups excluding carboxylic acids is 1. The number of anilines is 1. The fourth-order valence-electron chi connectivity index (χ4n) is 3.53. The van der Waals surface area contributed by atoms with E-state index in [1.54, 1.807) is 6.08 Å². The number of carbonyl (C=O) groups is 1. The van der Waals surface area contributed by atoms with Gasteiger partial charge in [-0.25, -0.2) is 0 Å². The second-order valence-electron chi connectivity index (χ2n) is 7.93. The molecular weight excluding hydrogens is 472 g/mol. The summed E-state index contributed by atoms with van der Waals surface area (Å²) in [6.07, 6.45) is 3.92. The van der Waals surface area contributed by atoms with Crippen LogP contribution in [0.1, 0.15) is 30.7 Å². The molecule has 8 nitrogen and oxygen atoms in total. The molecule has 2 aromatic carbocycles. The molecule has 1 saturated carbocycles. The van der Waals surface area contributed by atoms with Gasteiger partial charge in [-0.05, 0) is 61.1 Å². The largest absolute Gasteiger partial charge is 0.490 e. The third kappa shape index (κ3) is 6.23. The van der Waals surface area contributed by atoms with Crippen LogP contribution in [0, 0.1) is 0 Å². The lowest BCUT2D eigenvalue weighted by atomic mass is 10.1. The van der Waals surface area contributed by atoms with Gasteiger partial charge in [-0.15, -0.1) is 0 Å². The van der Waals surface area contributed by atoms with Crippen LogP contribution in [-0.2, 0) is 14.9 Å². The normalized spacial score (nSPS) is 16.1. The van der Waals surface area contributed by atoms with E-state index in [0.29, 0.717) is 17.4 Å². The molecule has 2 aliphatic rings. The van der Waals surface area contributed by atoms with Crippen molar-refractivity contribution < 1.29 is 40.8 Å². The maximum atomic E-state index is 12.9. The molecule has 11 heteroatoms. The molecule has 0 saturated heterocycles. The van der Waals surface area contributed by atoms with Gasteiger partial charge in [0.2, 0.25) is 0 Å². The quantitative estimate of drug-likeness (QED) is 0.369. The minimum absolute atomic E-state index is 0.0498. The van der Waals surface area contributed by atoms with Crippen LogP contribution in [0.4, 0.5) is 14.5 Å². The van der Waals surface area contributed by atoms with Gasteiger partial charge < -0.3 is 19.1 Å². The van der Waals surface area contributed by atoms with Crippen molar-refractivity contribution in [1.29, 1.82) is 0 Å². The number of hydrogen-bond acceptors (Lipinski definition) is 6. The Hall–Kier alpha value is -3.18. The first kappa shape index (κ1) is 24.0. The predicted octanol–water partition coefficient (Wildman–Crippen LogP) is 4.13. The molecule has 2 aromatic rings. The van der Waals surface area contributed by atoms with Crippen molar-refractivity contribution in [1.82, 2.24) is 0 Å². The summed E-state index contributed by atoms with van der Waals surface area (Å²) in [7, 11) is -4.16. The zero-order chi connectivity index (χ0) is 24.3. The number of benzene rings is 2. The predicted molar refractivity (Wildman–Crippen MR) is 119 cm³/mol. The van der Waals surface area contributed by atoms with Crippen LogP contribution >= 0.6 is 0 Å². The second-order valence-corrected chi connectivity index (χ2v) is 9.50. The van der Waals surface area contributed by atoms with E-state index in [0.717, 1.165) is 0 Å². The van der Waals surface area contributed by atoms with Crippen molar-refractivity contribution in [3.8, 4) is 17.2 Å². The van der Waals surface area contributed by atoms with Crippen LogP contribution in [0.5, 0.6) is 17.2 Å². The Bertz CT molecular complexity index is 1180. The molecular formula is C23H23F2NO7S. The molecule has 182 valence electrons. The number of nitrogens with zero attached hydrogens (tertiary/aromatic N) is 1. The summed E-state index contributed by atoms with van der Waals surface area (Å²) in [6, 6.07) is 11.7. The van der Waals surface area contributed by atoms with Crippen LogP contribution in [0.25, 0.3) is 0 Å². The molecule has 0 aromatic heterocycles. The minimum Gasteiger partial charge on any atom is -0.490 e. The van der Waals surface area contributed by atoms with Crippen LogP contribution in [0.3, 0.4) is 0 Å². The Balaban J connectivity index is 1.41. The third-order valence-electron chi connectivity index (χ3n) is 5.33. The lowest BCUT2D eigenvalue weighted by Crippen LogP contribution is -2.27. The molecule has 1 amide bonds. The molecule has 1 heterocycles. The summed E-state index contributed by atoms with van der Waals surface area (Å²) in [5.41, 5.74) is 1.54. The summed E-state index contributed by atoms with van der Waals surface area (Å²) in [6.45, 7) is -3.11. The van der Waals surface area contributed by atoms with E-state index in [-0.39, 0.29) is 36.8 Å². The zero-order valence-electron chi connectivity index (χ0n) is 18.0. The van der Waals surface area contributed by atoms with Crippen LogP contribution < -0.4 is 19.1 Å². The minimum atomic E-state index is -4.16. The van der Waals surface area contributed by atoms with Crippen molar-refractivity contribution >= 4 is 21.7 Å². The summed E-state index contributed by atoms with van der Waals surface area (Å²) >= 11 is 0. The van der Waals surface area contributed by atoms with Gasteiger partial charge in [0.1, 0.15) is 5.75 Å². The lowest BCUT2D eigenvalue weighted by Gasteiger charge is -2.19. The summed E-state index contributed by atoms with van der Waals surface area (Å²) in [5.74, 6) is -0.0613. The molecule has 0 bridgehead atoms. The average molecular weight is 496 g/mol. The molecule has 0 atom stereocenters. The van der Waals surface area contributed by atoms with Crippen molar-refractivity contribution in [3.63, 3.8) is 0 Å². The van der Waals surface area contributed by atoms with E-state index in [2.05, 4.69) is 4.74 Å². The highest BCUT2D eigenvalue weighted by Gasteiger charge is 2.29. The number of ether oxygens (including phenoxy) is 3. The average Bonchev–Trinajstić information content (AvgIpc) is 3.56. The van der Waals surface area contributed by atoms with E-state index in [1.807, 2.05) is 24.3 Å². The van der Waals surface area contributed by atoms with E-state index >= 15 is 0 Å². The van der Waals surface area contributed by atoms with Crippen molar-refractivity contribution in [2.45, 2.75) is 31.8 Å². The van der Waals surface area contributed by atoms with Gasteiger partial charge in [0.15, 0.2) is 17.3 Å². The van der Waals surface area contributed by atoms with Crippen molar-refractivity contribution in [2.24, 2.45) is 0 Å². The Labute approximate surface area is 195 Å². The van der Waals surface area contributed by atoms with Crippen LogP contribution in [0.15, 0.2) is 54.3 Å². The molecule has 0 unspecified atom stereocenters. The molecule has 1 fully saturated rings. The molecule has 1 N–H and O–H groups in total. The highest BCUT2D eigenvalue weighted by Crippen LogP contribution is 2.40. The fraction of sp³-hybridized carbons (Fsp3) is 0.348. The summed E-state index contributed by atoms with van der Waals surface area (Å²) in [5, 5.41) is 0. The molecule has 0 radical (unpaired) electrons. The van der Waals surface area contributed by atoms with Crippen LogP contribution in [0.2, 0.25) is 0 Å². The van der Waals surface area contributed by atoms with Gasteiger partial charge in [-0.3, -0.25) is 9.35 Å². The number of hydrogen-bond donors (Lipinski definition) is 1. The van der Waals surface area contributed by atoms with Crippen molar-refractivity contribution in [3.05, 3.63) is 59.9 Å². The molecule has 1 aliphatic carbocycles. The number of halogens is 2. The molecule has 4 rings (SSSR count). The summed E-state index contributed by atoms with van der Waals surface area (Å²) in [4.78, 5) is 14.2. The topological polar surface area (TPSA) is 102 Å². The zero-order valence-corrected chi connectivity index (χ0v) is 18.8. The monoisotopic (exact) mass is 495 g/mol. The van der Waals surface area contributed by atoms with E-state index < -0.39 is 28.4 Å². The van der Waals surface area contributed by atoms with Gasteiger partial charge in [0, 0.05) is 18.3 Å². The molecule has 34 heavy (non-hydrogen) atoms. The smallest absolute Gasteiger partial charge is 0.387 e. The standard InChI is InChI=1S/C23H23F2NO7S/c24-23(25)33-21-14-17(6-9-19(21)31-12-1-13-34(28,29)30)26-11-10-20(22(26)27)32-18-7-4-16(5-8-18)15-2-3-15/h4-10,14-15,23H,1-3,11-13H2,(H,28,29,30). The highest BCUT2D eigenvalue weighted by atomic mass is 32.2. The van der Waals surface area contributed by atoms with E-state index in [4.69, 9.17) is 14.0 Å². The van der Waals surface area contributed by atoms with Gasteiger partial charge in [0.25, 0.3) is 16.0 Å². The lowest BCUT2D eigenvalue weighted by molar-refractivity contribution is -0.116. The molecule has 0 spiro atoms. The highest BCUT2D eigenvalue weighted by molar-refractivity contribution is 7.85. The molecule has 1 aliphatic heterocycles. The number of rotatable bonds is 11. The van der Waals surface area contributed by atoms with Gasteiger partial charge in [-0.1, -0.05) is 12.1 Å². The van der Waals surface area contributed by atoms with E-state index in [1.165, 1.54) is 41.5 Å².